The van der Waals surface area contributed by atoms with Gasteiger partial charge in [-0.05, 0) is 24.0 Å². The smallest absolute Gasteiger partial charge is 0.255 e. The van der Waals surface area contributed by atoms with Gasteiger partial charge in [0.2, 0.25) is 5.91 Å². The zero-order valence-corrected chi connectivity index (χ0v) is 12.1. The van der Waals surface area contributed by atoms with Crippen molar-refractivity contribution in [2.75, 3.05) is 19.6 Å². The molecule has 2 aliphatic heterocycles. The number of pyridine rings is 1. The molecule has 0 bridgehead atoms. The number of amides is 2. The van der Waals surface area contributed by atoms with Gasteiger partial charge in [-0.1, -0.05) is 0 Å². The molecule has 2 aliphatic rings. The number of hydrogen-bond donors (Lipinski definition) is 1. The molecule has 1 atom stereocenters. The zero-order valence-electron chi connectivity index (χ0n) is 12.1. The minimum Gasteiger partial charge on any atom is -0.391 e. The Morgan fingerprint density at radius 3 is 2.76 bits per heavy atom. The number of aromatic nitrogens is 1. The van der Waals surface area contributed by atoms with Crippen LogP contribution in [0.1, 0.15) is 34.8 Å². The summed E-state index contributed by atoms with van der Waals surface area (Å²) in [7, 11) is 0. The summed E-state index contributed by atoms with van der Waals surface area (Å²) >= 11 is 0. The maximum Gasteiger partial charge on any atom is 0.255 e. The standard InChI is InChI=1S/C15H19N3O3/c1-10(19)17-5-3-13-11(8-17)6-16-7-14(13)15(21)18-4-2-12(20)9-18/h6-7,12,20H,2-5,8-9H2,1H3. The van der Waals surface area contributed by atoms with Crippen LogP contribution in [0, 0.1) is 0 Å². The number of hydrogen-bond acceptors (Lipinski definition) is 4. The van der Waals surface area contributed by atoms with Gasteiger partial charge in [0.05, 0.1) is 11.7 Å². The number of carbonyl (C=O) groups is 2. The molecular formula is C15H19N3O3. The van der Waals surface area contributed by atoms with Crippen LogP contribution < -0.4 is 0 Å². The van der Waals surface area contributed by atoms with E-state index in [1.54, 1.807) is 29.1 Å². The third-order valence-electron chi connectivity index (χ3n) is 4.27. The van der Waals surface area contributed by atoms with E-state index in [2.05, 4.69) is 4.98 Å². The molecule has 0 saturated carbocycles. The predicted octanol–water partition coefficient (Wildman–Crippen LogP) is 0.193. The fourth-order valence-corrected chi connectivity index (χ4v) is 3.04. The van der Waals surface area contributed by atoms with Crippen LogP contribution in [0.4, 0.5) is 0 Å². The van der Waals surface area contributed by atoms with Crippen LogP contribution in [0.2, 0.25) is 0 Å². The Hall–Kier alpha value is -1.95. The first-order valence-corrected chi connectivity index (χ1v) is 7.25. The Morgan fingerprint density at radius 1 is 1.29 bits per heavy atom. The Labute approximate surface area is 123 Å². The molecule has 0 aliphatic carbocycles. The summed E-state index contributed by atoms with van der Waals surface area (Å²) in [6.45, 7) is 3.68. The number of likely N-dealkylation sites (tertiary alicyclic amines) is 1. The summed E-state index contributed by atoms with van der Waals surface area (Å²) in [6.07, 6.45) is 4.23. The van der Waals surface area contributed by atoms with Crippen molar-refractivity contribution in [1.82, 2.24) is 14.8 Å². The molecule has 21 heavy (non-hydrogen) atoms. The van der Waals surface area contributed by atoms with Crippen molar-refractivity contribution in [2.45, 2.75) is 32.4 Å². The average molecular weight is 289 g/mol. The Kier molecular flexibility index (Phi) is 3.63. The van der Waals surface area contributed by atoms with Crippen molar-refractivity contribution in [3.05, 3.63) is 29.1 Å². The van der Waals surface area contributed by atoms with Crippen molar-refractivity contribution in [2.24, 2.45) is 0 Å². The zero-order chi connectivity index (χ0) is 15.0. The molecular weight excluding hydrogens is 270 g/mol. The van der Waals surface area contributed by atoms with Crippen LogP contribution in [0.15, 0.2) is 12.4 Å². The Balaban J connectivity index is 1.86. The van der Waals surface area contributed by atoms with Gasteiger partial charge in [0.15, 0.2) is 0 Å². The van der Waals surface area contributed by atoms with Gasteiger partial charge in [-0.25, -0.2) is 0 Å². The summed E-state index contributed by atoms with van der Waals surface area (Å²) in [5.41, 5.74) is 2.56. The van der Waals surface area contributed by atoms with Gasteiger partial charge in [-0.15, -0.1) is 0 Å². The first-order valence-electron chi connectivity index (χ1n) is 7.25. The number of nitrogens with zero attached hydrogens (tertiary/aromatic N) is 3. The lowest BCUT2D eigenvalue weighted by atomic mass is 9.96. The van der Waals surface area contributed by atoms with Gasteiger partial charge in [-0.3, -0.25) is 14.6 Å². The molecule has 6 heteroatoms. The molecule has 1 unspecified atom stereocenters. The number of aliphatic hydroxyl groups is 1. The van der Waals surface area contributed by atoms with E-state index in [9.17, 15) is 14.7 Å². The molecule has 3 rings (SSSR count). The van der Waals surface area contributed by atoms with E-state index in [0.717, 1.165) is 11.1 Å². The quantitative estimate of drug-likeness (QED) is 0.801. The number of fused-ring (bicyclic) bond motifs is 1. The van der Waals surface area contributed by atoms with Crippen LogP contribution in [0.5, 0.6) is 0 Å². The monoisotopic (exact) mass is 289 g/mol. The molecule has 1 saturated heterocycles. The molecule has 0 radical (unpaired) electrons. The largest absolute Gasteiger partial charge is 0.391 e. The molecule has 1 aromatic rings. The molecule has 6 nitrogen and oxygen atoms in total. The second kappa shape index (κ2) is 5.44. The fraction of sp³-hybridized carbons (Fsp3) is 0.533. The van der Waals surface area contributed by atoms with E-state index in [1.807, 2.05) is 0 Å². The van der Waals surface area contributed by atoms with E-state index in [1.165, 1.54) is 0 Å². The highest BCUT2D eigenvalue weighted by Crippen LogP contribution is 2.24. The fourth-order valence-electron chi connectivity index (χ4n) is 3.04. The molecule has 1 aromatic heterocycles. The number of carbonyl (C=O) groups excluding carboxylic acids is 2. The lowest BCUT2D eigenvalue weighted by molar-refractivity contribution is -0.129. The summed E-state index contributed by atoms with van der Waals surface area (Å²) in [4.78, 5) is 31.6. The first-order chi connectivity index (χ1) is 10.1. The van der Waals surface area contributed by atoms with Crippen molar-refractivity contribution in [1.29, 1.82) is 0 Å². The summed E-state index contributed by atoms with van der Waals surface area (Å²) in [5.74, 6) is -0.0211. The molecule has 1 fully saturated rings. The van der Waals surface area contributed by atoms with Crippen molar-refractivity contribution in [3.63, 3.8) is 0 Å². The maximum atomic E-state index is 12.6. The van der Waals surface area contributed by atoms with E-state index in [4.69, 9.17) is 0 Å². The van der Waals surface area contributed by atoms with Crippen LogP contribution in [0.25, 0.3) is 0 Å². The van der Waals surface area contributed by atoms with Gasteiger partial charge < -0.3 is 14.9 Å². The third kappa shape index (κ3) is 2.63. The summed E-state index contributed by atoms with van der Waals surface area (Å²) < 4.78 is 0. The maximum absolute atomic E-state index is 12.6. The highest BCUT2D eigenvalue weighted by Gasteiger charge is 2.29. The van der Waals surface area contributed by atoms with E-state index < -0.39 is 6.10 Å². The number of rotatable bonds is 1. The highest BCUT2D eigenvalue weighted by molar-refractivity contribution is 5.96. The minimum atomic E-state index is -0.422. The lowest BCUT2D eigenvalue weighted by Gasteiger charge is -2.29. The second-order valence-electron chi connectivity index (χ2n) is 5.71. The average Bonchev–Trinajstić information content (AvgIpc) is 2.91. The normalized spacial score (nSPS) is 21.3. The minimum absolute atomic E-state index is 0.0417. The van der Waals surface area contributed by atoms with E-state index in [-0.39, 0.29) is 11.8 Å². The lowest BCUT2D eigenvalue weighted by Crippen LogP contribution is -2.36. The van der Waals surface area contributed by atoms with Crippen LogP contribution in [0.3, 0.4) is 0 Å². The third-order valence-corrected chi connectivity index (χ3v) is 4.27. The summed E-state index contributed by atoms with van der Waals surface area (Å²) in [6, 6.07) is 0. The van der Waals surface area contributed by atoms with Gasteiger partial charge in [-0.2, -0.15) is 0 Å². The van der Waals surface area contributed by atoms with Gasteiger partial charge in [0.1, 0.15) is 0 Å². The van der Waals surface area contributed by atoms with E-state index in [0.29, 0.717) is 44.6 Å². The van der Waals surface area contributed by atoms with Crippen molar-refractivity contribution < 1.29 is 14.7 Å². The van der Waals surface area contributed by atoms with Gasteiger partial charge >= 0.3 is 0 Å². The summed E-state index contributed by atoms with van der Waals surface area (Å²) in [5, 5.41) is 9.58. The first kappa shape index (κ1) is 14.0. The Bertz CT molecular complexity index is 588. The Morgan fingerprint density at radius 2 is 2.10 bits per heavy atom. The van der Waals surface area contributed by atoms with Crippen LogP contribution >= 0.6 is 0 Å². The number of β-amino-alcohol motifs (C(OH)–C–C–N with tert-alkyl or cyclic N) is 1. The van der Waals surface area contributed by atoms with Gasteiger partial charge in [0, 0.05) is 45.5 Å². The molecule has 0 aromatic carbocycles. The topological polar surface area (TPSA) is 73.7 Å². The molecule has 0 spiro atoms. The number of aliphatic hydroxyl groups excluding tert-OH is 1. The van der Waals surface area contributed by atoms with E-state index >= 15 is 0 Å². The SMILES string of the molecule is CC(=O)N1CCc2c(cncc2C(=O)N2CCC(O)C2)C1. The van der Waals surface area contributed by atoms with Crippen molar-refractivity contribution >= 4 is 11.8 Å². The predicted molar refractivity (Wildman–Crippen MR) is 75.6 cm³/mol. The second-order valence-corrected chi connectivity index (χ2v) is 5.71. The van der Waals surface area contributed by atoms with Crippen LogP contribution in [-0.4, -0.2) is 57.4 Å². The molecule has 2 amide bonds. The van der Waals surface area contributed by atoms with Crippen molar-refractivity contribution in [3.8, 4) is 0 Å². The highest BCUT2D eigenvalue weighted by atomic mass is 16.3. The van der Waals surface area contributed by atoms with Crippen LogP contribution in [-0.2, 0) is 17.8 Å². The van der Waals surface area contributed by atoms with Gasteiger partial charge in [0.25, 0.3) is 5.91 Å². The molecule has 1 N–H and O–H groups in total. The molecule has 112 valence electrons. The molecule has 3 heterocycles.